The molecule has 1 N–H and O–H groups in total. The fraction of sp³-hybridized carbons (Fsp3) is 0.917. The Labute approximate surface area is 93.2 Å². The Balaban J connectivity index is 2.42. The summed E-state index contributed by atoms with van der Waals surface area (Å²) in [6, 6.07) is 0.0781. The molecule has 3 heteroatoms. The summed E-state index contributed by atoms with van der Waals surface area (Å²) in [4.78, 5) is 13.9. The molecule has 0 spiro atoms. The van der Waals surface area contributed by atoms with Crippen molar-refractivity contribution in [3.05, 3.63) is 0 Å². The van der Waals surface area contributed by atoms with E-state index in [-0.39, 0.29) is 6.04 Å². The van der Waals surface area contributed by atoms with E-state index >= 15 is 0 Å². The molecule has 88 valence electrons. The molecule has 15 heavy (non-hydrogen) atoms. The lowest BCUT2D eigenvalue weighted by molar-refractivity contribution is -0.129. The highest BCUT2D eigenvalue weighted by atomic mass is 16.2. The molecule has 1 fully saturated rings. The van der Waals surface area contributed by atoms with Crippen LogP contribution >= 0.6 is 0 Å². The minimum absolute atomic E-state index is 0.0781. The van der Waals surface area contributed by atoms with Crippen LogP contribution < -0.4 is 5.32 Å². The van der Waals surface area contributed by atoms with Gasteiger partial charge in [-0.05, 0) is 18.3 Å². The van der Waals surface area contributed by atoms with Crippen molar-refractivity contribution in [3.8, 4) is 0 Å². The molecule has 1 aliphatic heterocycles. The second-order valence-corrected chi connectivity index (χ2v) is 4.99. The molecule has 1 saturated heterocycles. The summed E-state index contributed by atoms with van der Waals surface area (Å²) in [7, 11) is 0. The van der Waals surface area contributed by atoms with Crippen LogP contribution in [0, 0.1) is 11.8 Å². The highest BCUT2D eigenvalue weighted by Crippen LogP contribution is 2.15. The average molecular weight is 212 g/mol. The molecular formula is C12H24N2O. The Morgan fingerprint density at radius 2 is 2.13 bits per heavy atom. The Morgan fingerprint density at radius 3 is 2.67 bits per heavy atom. The molecule has 2 unspecified atom stereocenters. The Hall–Kier alpha value is -0.570. The quantitative estimate of drug-likeness (QED) is 0.754. The predicted molar refractivity (Wildman–Crippen MR) is 62.4 cm³/mol. The number of nitrogens with zero attached hydrogens (tertiary/aromatic N) is 1. The van der Waals surface area contributed by atoms with Crippen LogP contribution in [0.25, 0.3) is 0 Å². The van der Waals surface area contributed by atoms with E-state index < -0.39 is 0 Å². The van der Waals surface area contributed by atoms with Gasteiger partial charge in [-0.2, -0.15) is 0 Å². The van der Waals surface area contributed by atoms with Crippen molar-refractivity contribution in [2.75, 3.05) is 13.2 Å². The van der Waals surface area contributed by atoms with Crippen LogP contribution in [0.4, 0.5) is 0 Å². The van der Waals surface area contributed by atoms with Crippen LogP contribution in [0.3, 0.4) is 0 Å². The lowest BCUT2D eigenvalue weighted by Gasteiger charge is -2.22. The number of nitrogens with one attached hydrogen (secondary N) is 1. The number of carbonyl (C=O) groups excluding carboxylic acids is 1. The van der Waals surface area contributed by atoms with Gasteiger partial charge < -0.3 is 4.90 Å². The maximum absolute atomic E-state index is 11.9. The zero-order valence-electron chi connectivity index (χ0n) is 10.4. The maximum atomic E-state index is 11.9. The van der Waals surface area contributed by atoms with Crippen LogP contribution in [0.1, 0.15) is 40.5 Å². The number of carbonyl (C=O) groups is 1. The van der Waals surface area contributed by atoms with Crippen molar-refractivity contribution in [3.63, 3.8) is 0 Å². The first-order chi connectivity index (χ1) is 7.06. The lowest BCUT2D eigenvalue weighted by atomic mass is 9.97. The summed E-state index contributed by atoms with van der Waals surface area (Å²) in [5.41, 5.74) is 0. The van der Waals surface area contributed by atoms with Crippen molar-refractivity contribution in [2.24, 2.45) is 11.8 Å². The van der Waals surface area contributed by atoms with Crippen molar-refractivity contribution in [2.45, 2.75) is 46.6 Å². The summed E-state index contributed by atoms with van der Waals surface area (Å²) >= 11 is 0. The predicted octanol–water partition coefficient (Wildman–Crippen LogP) is 1.84. The van der Waals surface area contributed by atoms with Crippen molar-refractivity contribution in [1.82, 2.24) is 10.2 Å². The molecule has 1 aliphatic rings. The second kappa shape index (κ2) is 5.50. The first-order valence-electron chi connectivity index (χ1n) is 6.08. The van der Waals surface area contributed by atoms with Gasteiger partial charge in [-0.1, -0.05) is 34.1 Å². The fourth-order valence-electron chi connectivity index (χ4n) is 1.83. The van der Waals surface area contributed by atoms with E-state index in [1.807, 2.05) is 4.90 Å². The van der Waals surface area contributed by atoms with Gasteiger partial charge in [0.25, 0.3) is 0 Å². The van der Waals surface area contributed by atoms with Crippen LogP contribution in [-0.2, 0) is 4.79 Å². The molecule has 3 nitrogen and oxygen atoms in total. The van der Waals surface area contributed by atoms with E-state index in [2.05, 4.69) is 33.0 Å². The number of hydrogen-bond acceptors (Lipinski definition) is 2. The number of hydrogen-bond donors (Lipinski definition) is 1. The number of rotatable bonds is 5. The summed E-state index contributed by atoms with van der Waals surface area (Å²) < 4.78 is 0. The molecule has 1 amide bonds. The van der Waals surface area contributed by atoms with Gasteiger partial charge in [-0.25, -0.2) is 0 Å². The van der Waals surface area contributed by atoms with Crippen LogP contribution in [0.15, 0.2) is 0 Å². The van der Waals surface area contributed by atoms with E-state index in [1.54, 1.807) is 0 Å². The van der Waals surface area contributed by atoms with Crippen molar-refractivity contribution >= 4 is 5.91 Å². The Bertz CT molecular complexity index is 216. The van der Waals surface area contributed by atoms with Gasteiger partial charge in [0, 0.05) is 6.54 Å². The van der Waals surface area contributed by atoms with Gasteiger partial charge in [0.2, 0.25) is 5.91 Å². The summed E-state index contributed by atoms with van der Waals surface area (Å²) in [6.45, 7) is 10.4. The SMILES string of the molecule is CCCC1NCN(CC(C)C(C)C)C1=O. The topological polar surface area (TPSA) is 32.3 Å². The summed E-state index contributed by atoms with van der Waals surface area (Å²) in [5, 5.41) is 3.28. The van der Waals surface area contributed by atoms with E-state index in [4.69, 9.17) is 0 Å². The minimum atomic E-state index is 0.0781. The minimum Gasteiger partial charge on any atom is -0.328 e. The smallest absolute Gasteiger partial charge is 0.240 e. The highest BCUT2D eigenvalue weighted by Gasteiger charge is 2.30. The van der Waals surface area contributed by atoms with Gasteiger partial charge in [0.05, 0.1) is 12.7 Å². The van der Waals surface area contributed by atoms with Crippen LogP contribution in [0.5, 0.6) is 0 Å². The van der Waals surface area contributed by atoms with E-state index in [0.717, 1.165) is 26.1 Å². The lowest BCUT2D eigenvalue weighted by Crippen LogP contribution is -2.34. The average Bonchev–Trinajstić information content (AvgIpc) is 2.50. The first kappa shape index (κ1) is 12.5. The molecule has 0 aromatic heterocycles. The van der Waals surface area contributed by atoms with Crippen molar-refractivity contribution in [1.29, 1.82) is 0 Å². The normalized spacial score (nSPS) is 23.9. The van der Waals surface area contributed by atoms with E-state index in [0.29, 0.717) is 17.7 Å². The Kier molecular flexibility index (Phi) is 4.58. The molecule has 1 rings (SSSR count). The van der Waals surface area contributed by atoms with Crippen LogP contribution in [0.2, 0.25) is 0 Å². The molecule has 0 aromatic carbocycles. The Morgan fingerprint density at radius 1 is 1.47 bits per heavy atom. The van der Waals surface area contributed by atoms with Crippen LogP contribution in [-0.4, -0.2) is 30.1 Å². The van der Waals surface area contributed by atoms with Gasteiger partial charge in [-0.15, -0.1) is 0 Å². The second-order valence-electron chi connectivity index (χ2n) is 4.99. The molecule has 0 radical (unpaired) electrons. The number of amides is 1. The highest BCUT2D eigenvalue weighted by molar-refractivity contribution is 5.83. The summed E-state index contributed by atoms with van der Waals surface area (Å²) in [5.74, 6) is 1.52. The molecular weight excluding hydrogens is 188 g/mol. The molecule has 0 saturated carbocycles. The van der Waals surface area contributed by atoms with E-state index in [1.165, 1.54) is 0 Å². The molecule has 1 heterocycles. The molecule has 0 bridgehead atoms. The maximum Gasteiger partial charge on any atom is 0.240 e. The molecule has 0 aliphatic carbocycles. The fourth-order valence-corrected chi connectivity index (χ4v) is 1.83. The third-order valence-corrected chi connectivity index (χ3v) is 3.36. The summed E-state index contributed by atoms with van der Waals surface area (Å²) in [6.07, 6.45) is 2.03. The zero-order chi connectivity index (χ0) is 11.4. The monoisotopic (exact) mass is 212 g/mol. The largest absolute Gasteiger partial charge is 0.328 e. The zero-order valence-corrected chi connectivity index (χ0v) is 10.4. The van der Waals surface area contributed by atoms with Gasteiger partial charge >= 0.3 is 0 Å². The molecule has 2 atom stereocenters. The van der Waals surface area contributed by atoms with Gasteiger partial charge in [0.15, 0.2) is 0 Å². The standard InChI is InChI=1S/C12H24N2O/c1-5-6-11-12(15)14(8-13-11)7-10(4)9(2)3/h9-11,13H,5-8H2,1-4H3. The third-order valence-electron chi connectivity index (χ3n) is 3.36. The third kappa shape index (κ3) is 3.20. The van der Waals surface area contributed by atoms with Crippen molar-refractivity contribution < 1.29 is 4.79 Å². The molecule has 0 aromatic rings. The first-order valence-corrected chi connectivity index (χ1v) is 6.08. The van der Waals surface area contributed by atoms with E-state index in [9.17, 15) is 4.79 Å². The van der Waals surface area contributed by atoms with Gasteiger partial charge in [0.1, 0.15) is 0 Å². The van der Waals surface area contributed by atoms with Gasteiger partial charge in [-0.3, -0.25) is 10.1 Å².